The minimum atomic E-state index is -0.420. The van der Waals surface area contributed by atoms with E-state index >= 15 is 0 Å². The highest BCUT2D eigenvalue weighted by Crippen LogP contribution is 2.22. The van der Waals surface area contributed by atoms with E-state index in [1.54, 1.807) is 47.1 Å². The number of aryl methyl sites for hydroxylation is 1. The summed E-state index contributed by atoms with van der Waals surface area (Å²) in [5.74, 6) is 0.267. The van der Waals surface area contributed by atoms with Crippen LogP contribution in [-0.2, 0) is 6.54 Å². The lowest BCUT2D eigenvalue weighted by Crippen LogP contribution is -2.29. The largest absolute Gasteiger partial charge is 0.305 e. The number of rotatable bonds is 5. The van der Waals surface area contributed by atoms with Crippen LogP contribution in [0.25, 0.3) is 16.5 Å². The van der Waals surface area contributed by atoms with Crippen LogP contribution >= 0.6 is 11.6 Å². The molecule has 0 aliphatic carbocycles. The van der Waals surface area contributed by atoms with Crippen molar-refractivity contribution in [3.63, 3.8) is 0 Å². The molecule has 2 aromatic heterocycles. The zero-order valence-corrected chi connectivity index (χ0v) is 18.2. The van der Waals surface area contributed by atoms with Gasteiger partial charge in [0, 0.05) is 23.0 Å². The summed E-state index contributed by atoms with van der Waals surface area (Å²) in [6.07, 6.45) is 0. The average Bonchev–Trinajstić information content (AvgIpc) is 3.10. The fourth-order valence-corrected chi connectivity index (χ4v) is 3.63. The number of hydrogen-bond donors (Lipinski definition) is 1. The molecule has 158 valence electrons. The van der Waals surface area contributed by atoms with E-state index in [4.69, 9.17) is 11.6 Å². The summed E-state index contributed by atoms with van der Waals surface area (Å²) in [5, 5.41) is 13.3. The molecule has 0 saturated carbocycles. The first-order valence-corrected chi connectivity index (χ1v) is 10.3. The average molecular weight is 436 g/mol. The van der Waals surface area contributed by atoms with Crippen LogP contribution in [0.4, 0.5) is 5.82 Å². The van der Waals surface area contributed by atoms with Gasteiger partial charge in [0.05, 0.1) is 16.8 Å². The summed E-state index contributed by atoms with van der Waals surface area (Å²) < 4.78 is 2.98. The number of benzene rings is 2. The molecule has 2 aromatic carbocycles. The number of carbonyl (C=O) groups excluding carboxylic acids is 1. The van der Waals surface area contributed by atoms with Crippen molar-refractivity contribution in [2.24, 2.45) is 5.92 Å². The third-order valence-corrected chi connectivity index (χ3v) is 4.98. The SMILES string of the molecule is Cc1cc(NC(=O)c2nn(CC(C)C)c(=O)c3ccccc23)n(-c2cccc(Cl)c2)n1. The normalized spacial score (nSPS) is 11.3. The molecule has 0 unspecified atom stereocenters. The highest BCUT2D eigenvalue weighted by Gasteiger charge is 2.19. The first kappa shape index (κ1) is 20.8. The van der Waals surface area contributed by atoms with E-state index in [-0.39, 0.29) is 17.2 Å². The number of nitrogens with one attached hydrogen (secondary N) is 1. The van der Waals surface area contributed by atoms with E-state index < -0.39 is 5.91 Å². The lowest BCUT2D eigenvalue weighted by atomic mass is 10.1. The van der Waals surface area contributed by atoms with Gasteiger partial charge >= 0.3 is 0 Å². The lowest BCUT2D eigenvalue weighted by Gasteiger charge is -2.13. The molecule has 0 spiro atoms. The van der Waals surface area contributed by atoms with Gasteiger partial charge in [-0.15, -0.1) is 0 Å². The Morgan fingerprint density at radius 1 is 1.06 bits per heavy atom. The first-order chi connectivity index (χ1) is 14.8. The number of fused-ring (bicyclic) bond motifs is 1. The van der Waals surface area contributed by atoms with Gasteiger partial charge < -0.3 is 5.32 Å². The molecule has 0 bridgehead atoms. The standard InChI is InChI=1S/C23H22ClN5O2/c1-14(2)13-28-23(31)19-10-5-4-9-18(19)21(27-28)22(30)25-20-11-15(3)26-29(20)17-8-6-7-16(24)12-17/h4-12,14H,13H2,1-3H3,(H,25,30). The van der Waals surface area contributed by atoms with Crippen molar-refractivity contribution in [1.82, 2.24) is 19.6 Å². The lowest BCUT2D eigenvalue weighted by molar-refractivity contribution is 0.102. The molecule has 0 aliphatic heterocycles. The summed E-state index contributed by atoms with van der Waals surface area (Å²) in [6.45, 7) is 6.25. The zero-order valence-electron chi connectivity index (χ0n) is 17.5. The van der Waals surface area contributed by atoms with E-state index in [0.29, 0.717) is 28.2 Å². The van der Waals surface area contributed by atoms with E-state index in [1.165, 1.54) is 4.68 Å². The van der Waals surface area contributed by atoms with Crippen LogP contribution in [0.15, 0.2) is 59.4 Å². The predicted octanol–water partition coefficient (Wildman–Crippen LogP) is 4.45. The molecule has 8 heteroatoms. The molecular weight excluding hydrogens is 414 g/mol. The molecule has 4 rings (SSSR count). The summed E-state index contributed by atoms with van der Waals surface area (Å²) >= 11 is 6.12. The predicted molar refractivity (Wildman–Crippen MR) is 122 cm³/mol. The number of halogens is 1. The van der Waals surface area contributed by atoms with Crippen molar-refractivity contribution in [3.05, 3.63) is 81.4 Å². The minimum absolute atomic E-state index is 0.187. The van der Waals surface area contributed by atoms with Crippen LogP contribution in [0.1, 0.15) is 30.0 Å². The second kappa shape index (κ2) is 8.35. The Kier molecular flexibility index (Phi) is 5.61. The number of aromatic nitrogens is 4. The van der Waals surface area contributed by atoms with E-state index in [0.717, 1.165) is 11.4 Å². The van der Waals surface area contributed by atoms with Crippen LogP contribution in [0.5, 0.6) is 0 Å². The van der Waals surface area contributed by atoms with Gasteiger partial charge in [-0.3, -0.25) is 9.59 Å². The third-order valence-electron chi connectivity index (χ3n) is 4.75. The topological polar surface area (TPSA) is 81.8 Å². The second-order valence-electron chi connectivity index (χ2n) is 7.79. The van der Waals surface area contributed by atoms with Crippen molar-refractivity contribution >= 4 is 34.1 Å². The fraction of sp³-hybridized carbons (Fsp3) is 0.217. The number of amides is 1. The Morgan fingerprint density at radius 2 is 1.81 bits per heavy atom. The van der Waals surface area contributed by atoms with Gasteiger partial charge in [0.25, 0.3) is 11.5 Å². The smallest absolute Gasteiger partial charge is 0.277 e. The Balaban J connectivity index is 1.78. The minimum Gasteiger partial charge on any atom is -0.305 e. The number of carbonyl (C=O) groups is 1. The first-order valence-electron chi connectivity index (χ1n) is 9.97. The molecule has 0 radical (unpaired) electrons. The van der Waals surface area contributed by atoms with E-state index in [9.17, 15) is 9.59 Å². The van der Waals surface area contributed by atoms with Gasteiger partial charge in [-0.05, 0) is 37.1 Å². The maximum atomic E-state index is 13.3. The molecule has 31 heavy (non-hydrogen) atoms. The second-order valence-corrected chi connectivity index (χ2v) is 8.23. The highest BCUT2D eigenvalue weighted by molar-refractivity contribution is 6.30. The van der Waals surface area contributed by atoms with E-state index in [2.05, 4.69) is 15.5 Å². The Hall–Kier alpha value is -3.45. The zero-order chi connectivity index (χ0) is 22.1. The van der Waals surface area contributed by atoms with Gasteiger partial charge in [-0.25, -0.2) is 9.36 Å². The quantitative estimate of drug-likeness (QED) is 0.502. The maximum Gasteiger partial charge on any atom is 0.277 e. The third kappa shape index (κ3) is 4.22. The molecule has 0 saturated heterocycles. The Labute approximate surface area is 184 Å². The molecular formula is C23H22ClN5O2. The van der Waals surface area contributed by atoms with Crippen molar-refractivity contribution in [1.29, 1.82) is 0 Å². The Morgan fingerprint density at radius 3 is 2.52 bits per heavy atom. The van der Waals surface area contributed by atoms with Crippen LogP contribution in [0, 0.1) is 12.8 Å². The van der Waals surface area contributed by atoms with Crippen LogP contribution in [0.2, 0.25) is 5.02 Å². The summed E-state index contributed by atoms with van der Waals surface area (Å²) in [4.78, 5) is 26.1. The van der Waals surface area contributed by atoms with Crippen molar-refractivity contribution < 1.29 is 4.79 Å². The number of anilines is 1. The molecule has 1 amide bonds. The van der Waals surface area contributed by atoms with Gasteiger partial charge in [0.1, 0.15) is 5.82 Å². The van der Waals surface area contributed by atoms with Gasteiger partial charge in [-0.1, -0.05) is 49.7 Å². The summed E-state index contributed by atoms with van der Waals surface area (Å²) in [5.41, 5.74) is 1.43. The van der Waals surface area contributed by atoms with Crippen molar-refractivity contribution in [2.75, 3.05) is 5.32 Å². The van der Waals surface area contributed by atoms with Gasteiger partial charge in [0.2, 0.25) is 0 Å². The molecule has 0 atom stereocenters. The molecule has 1 N–H and O–H groups in total. The molecule has 7 nitrogen and oxygen atoms in total. The van der Waals surface area contributed by atoms with Crippen LogP contribution < -0.4 is 10.9 Å². The highest BCUT2D eigenvalue weighted by atomic mass is 35.5. The van der Waals surface area contributed by atoms with E-state index in [1.807, 2.05) is 32.9 Å². The fourth-order valence-electron chi connectivity index (χ4n) is 3.44. The van der Waals surface area contributed by atoms with Crippen LogP contribution in [-0.4, -0.2) is 25.5 Å². The Bertz CT molecular complexity index is 1340. The van der Waals surface area contributed by atoms with Gasteiger partial charge in [0.15, 0.2) is 5.69 Å². The monoisotopic (exact) mass is 435 g/mol. The maximum absolute atomic E-state index is 13.3. The molecule has 0 fully saturated rings. The van der Waals surface area contributed by atoms with Crippen LogP contribution in [0.3, 0.4) is 0 Å². The van der Waals surface area contributed by atoms with Crippen molar-refractivity contribution in [2.45, 2.75) is 27.3 Å². The van der Waals surface area contributed by atoms with Crippen molar-refractivity contribution in [3.8, 4) is 5.69 Å². The number of nitrogens with zero attached hydrogens (tertiary/aromatic N) is 4. The van der Waals surface area contributed by atoms with Gasteiger partial charge in [-0.2, -0.15) is 10.2 Å². The summed E-state index contributed by atoms with van der Waals surface area (Å²) in [6, 6.07) is 16.0. The molecule has 4 aromatic rings. The number of hydrogen-bond acceptors (Lipinski definition) is 4. The molecule has 2 heterocycles. The molecule has 0 aliphatic rings. The summed E-state index contributed by atoms with van der Waals surface area (Å²) in [7, 11) is 0.